The van der Waals surface area contributed by atoms with Gasteiger partial charge >= 0.3 is 0 Å². The quantitative estimate of drug-likeness (QED) is 0.236. The molecule has 7 heteroatoms. The number of carbonyl (C=O) groups is 1. The molecule has 0 aliphatic carbocycles. The van der Waals surface area contributed by atoms with Crippen LogP contribution in [0, 0.1) is 0 Å². The summed E-state index contributed by atoms with van der Waals surface area (Å²) in [6.45, 7) is 9.18. The molecule has 1 unspecified atom stereocenters. The van der Waals surface area contributed by atoms with E-state index >= 15 is 0 Å². The van der Waals surface area contributed by atoms with Gasteiger partial charge in [-0.25, -0.2) is 4.99 Å². The Hall–Kier alpha value is -2.13. The molecule has 1 atom stereocenters. The van der Waals surface area contributed by atoms with Crippen molar-refractivity contribution in [2.45, 2.75) is 58.8 Å². The van der Waals surface area contributed by atoms with Crippen molar-refractivity contribution in [3.8, 4) is 0 Å². The maximum atomic E-state index is 11.9. The van der Waals surface area contributed by atoms with Crippen molar-refractivity contribution in [1.82, 2.24) is 20.4 Å². The third kappa shape index (κ3) is 9.25. The average molecular weight is 578 g/mol. The Balaban J connectivity index is 0.00000408. The van der Waals surface area contributed by atoms with Crippen LogP contribution in [0.15, 0.2) is 59.6 Å². The fourth-order valence-electron chi connectivity index (χ4n) is 4.08. The van der Waals surface area contributed by atoms with Crippen LogP contribution in [0.4, 0.5) is 0 Å². The van der Waals surface area contributed by atoms with Crippen LogP contribution in [-0.4, -0.2) is 54.4 Å². The van der Waals surface area contributed by atoms with Crippen molar-refractivity contribution < 1.29 is 4.79 Å². The molecule has 0 radical (unpaired) electrons. The zero-order chi connectivity index (χ0) is 23.5. The summed E-state index contributed by atoms with van der Waals surface area (Å²) in [7, 11) is 2.18. The summed E-state index contributed by atoms with van der Waals surface area (Å²) in [4.78, 5) is 21.0. The van der Waals surface area contributed by atoms with E-state index in [0.717, 1.165) is 50.5 Å². The SMILES string of the molecule is CCNC(=NCc1cccc(CN2CCCC2=O)c1)NCCC(C)N(C)Cc1ccccc1.I. The predicted molar refractivity (Wildman–Crippen MR) is 151 cm³/mol. The van der Waals surface area contributed by atoms with E-state index in [2.05, 4.69) is 91.0 Å². The molecule has 1 aliphatic rings. The molecule has 0 bridgehead atoms. The summed E-state index contributed by atoms with van der Waals surface area (Å²) in [5.74, 6) is 1.11. The Morgan fingerprint density at radius 1 is 1.09 bits per heavy atom. The number of amides is 1. The summed E-state index contributed by atoms with van der Waals surface area (Å²) in [6.07, 6.45) is 2.69. The Bertz CT molecular complexity index is 905. The summed E-state index contributed by atoms with van der Waals surface area (Å²) < 4.78 is 0. The lowest BCUT2D eigenvalue weighted by Crippen LogP contribution is -2.40. The first kappa shape index (κ1) is 28.1. The van der Waals surface area contributed by atoms with Gasteiger partial charge in [-0.15, -0.1) is 24.0 Å². The normalized spacial score (nSPS) is 14.8. The number of nitrogens with zero attached hydrogens (tertiary/aromatic N) is 3. The van der Waals surface area contributed by atoms with E-state index in [4.69, 9.17) is 4.99 Å². The molecule has 1 amide bonds. The second kappa shape index (κ2) is 15.0. The molecular formula is C27H40IN5O. The van der Waals surface area contributed by atoms with Crippen LogP contribution >= 0.6 is 24.0 Å². The third-order valence-electron chi connectivity index (χ3n) is 6.18. The van der Waals surface area contributed by atoms with Crippen molar-refractivity contribution >= 4 is 35.8 Å². The minimum Gasteiger partial charge on any atom is -0.357 e. The van der Waals surface area contributed by atoms with Crippen LogP contribution < -0.4 is 10.6 Å². The molecule has 1 aliphatic heterocycles. The number of aliphatic imine (C=N–C) groups is 1. The van der Waals surface area contributed by atoms with Crippen molar-refractivity contribution in [2.24, 2.45) is 4.99 Å². The van der Waals surface area contributed by atoms with E-state index < -0.39 is 0 Å². The largest absolute Gasteiger partial charge is 0.357 e. The average Bonchev–Trinajstić information content (AvgIpc) is 3.22. The van der Waals surface area contributed by atoms with E-state index in [0.29, 0.717) is 25.6 Å². The van der Waals surface area contributed by atoms with Gasteiger partial charge in [0, 0.05) is 45.2 Å². The molecular weight excluding hydrogens is 537 g/mol. The zero-order valence-electron chi connectivity index (χ0n) is 20.8. The minimum absolute atomic E-state index is 0. The van der Waals surface area contributed by atoms with Crippen LogP contribution in [0.25, 0.3) is 0 Å². The highest BCUT2D eigenvalue weighted by Crippen LogP contribution is 2.15. The van der Waals surface area contributed by atoms with Crippen molar-refractivity contribution in [2.75, 3.05) is 26.7 Å². The second-order valence-corrected chi connectivity index (χ2v) is 8.90. The zero-order valence-corrected chi connectivity index (χ0v) is 23.1. The van der Waals surface area contributed by atoms with Crippen LogP contribution in [0.1, 0.15) is 49.8 Å². The molecule has 6 nitrogen and oxygen atoms in total. The Morgan fingerprint density at radius 2 is 1.82 bits per heavy atom. The van der Waals surface area contributed by atoms with Crippen LogP contribution in [0.3, 0.4) is 0 Å². The van der Waals surface area contributed by atoms with Gasteiger partial charge in [0.25, 0.3) is 0 Å². The summed E-state index contributed by atoms with van der Waals surface area (Å²) in [5, 5.41) is 6.83. The van der Waals surface area contributed by atoms with E-state index in [1.165, 1.54) is 11.1 Å². The predicted octanol–water partition coefficient (Wildman–Crippen LogP) is 4.39. The molecule has 186 valence electrons. The highest BCUT2D eigenvalue weighted by atomic mass is 127. The molecule has 1 saturated heterocycles. The molecule has 34 heavy (non-hydrogen) atoms. The monoisotopic (exact) mass is 577 g/mol. The number of halogens is 1. The molecule has 0 aromatic heterocycles. The minimum atomic E-state index is 0. The lowest BCUT2D eigenvalue weighted by molar-refractivity contribution is -0.128. The number of rotatable bonds is 11. The first-order valence-electron chi connectivity index (χ1n) is 12.2. The van der Waals surface area contributed by atoms with Gasteiger partial charge < -0.3 is 15.5 Å². The van der Waals surface area contributed by atoms with Crippen molar-refractivity contribution in [1.29, 1.82) is 0 Å². The van der Waals surface area contributed by atoms with Gasteiger partial charge in [-0.3, -0.25) is 9.69 Å². The number of hydrogen-bond donors (Lipinski definition) is 2. The third-order valence-corrected chi connectivity index (χ3v) is 6.18. The summed E-state index contributed by atoms with van der Waals surface area (Å²) in [5.41, 5.74) is 3.67. The highest BCUT2D eigenvalue weighted by molar-refractivity contribution is 14.0. The molecule has 3 rings (SSSR count). The first-order valence-corrected chi connectivity index (χ1v) is 12.2. The maximum Gasteiger partial charge on any atom is 0.222 e. The van der Waals surface area contributed by atoms with Gasteiger partial charge in [0.2, 0.25) is 5.91 Å². The van der Waals surface area contributed by atoms with E-state index in [1.807, 2.05) is 4.90 Å². The van der Waals surface area contributed by atoms with Gasteiger partial charge in [0.05, 0.1) is 6.54 Å². The van der Waals surface area contributed by atoms with Crippen molar-refractivity contribution in [3.63, 3.8) is 0 Å². The molecule has 2 aromatic carbocycles. The Morgan fingerprint density at radius 3 is 2.53 bits per heavy atom. The molecule has 2 N–H and O–H groups in total. The number of hydrogen-bond acceptors (Lipinski definition) is 3. The maximum absolute atomic E-state index is 11.9. The van der Waals surface area contributed by atoms with E-state index in [-0.39, 0.29) is 29.9 Å². The second-order valence-electron chi connectivity index (χ2n) is 8.90. The Kier molecular flexibility index (Phi) is 12.4. The number of likely N-dealkylation sites (tertiary alicyclic amines) is 1. The number of nitrogens with one attached hydrogen (secondary N) is 2. The van der Waals surface area contributed by atoms with Gasteiger partial charge in [0.15, 0.2) is 5.96 Å². The topological polar surface area (TPSA) is 60.0 Å². The number of benzene rings is 2. The first-order chi connectivity index (χ1) is 16.0. The van der Waals surface area contributed by atoms with Gasteiger partial charge in [0.1, 0.15) is 0 Å². The molecule has 1 fully saturated rings. The molecule has 1 heterocycles. The van der Waals surface area contributed by atoms with Gasteiger partial charge in [-0.1, -0.05) is 54.6 Å². The summed E-state index contributed by atoms with van der Waals surface area (Å²) in [6, 6.07) is 19.5. The van der Waals surface area contributed by atoms with Crippen LogP contribution in [0.5, 0.6) is 0 Å². The highest BCUT2D eigenvalue weighted by Gasteiger charge is 2.19. The standard InChI is InChI=1S/C27H39N5O.HI/c1-4-28-27(29-16-15-22(2)31(3)20-23-10-6-5-7-11-23)30-19-24-12-8-13-25(18-24)21-32-17-9-14-26(32)33;/h5-8,10-13,18,22H,4,9,14-17,19-21H2,1-3H3,(H2,28,29,30);1H. The van der Waals surface area contributed by atoms with E-state index in [1.54, 1.807) is 0 Å². The van der Waals surface area contributed by atoms with Crippen molar-refractivity contribution in [3.05, 3.63) is 71.3 Å². The smallest absolute Gasteiger partial charge is 0.222 e. The fourth-order valence-corrected chi connectivity index (χ4v) is 4.08. The van der Waals surface area contributed by atoms with Crippen LogP contribution in [0.2, 0.25) is 0 Å². The van der Waals surface area contributed by atoms with E-state index in [9.17, 15) is 4.79 Å². The lowest BCUT2D eigenvalue weighted by Gasteiger charge is -2.25. The number of guanidine groups is 1. The number of carbonyl (C=O) groups excluding carboxylic acids is 1. The molecule has 0 saturated carbocycles. The van der Waals surface area contributed by atoms with Gasteiger partial charge in [-0.05, 0) is 50.4 Å². The summed E-state index contributed by atoms with van der Waals surface area (Å²) >= 11 is 0. The molecule has 0 spiro atoms. The lowest BCUT2D eigenvalue weighted by atomic mass is 10.1. The Labute approximate surface area is 222 Å². The fraction of sp³-hybridized carbons (Fsp3) is 0.481. The molecule has 2 aromatic rings. The van der Waals surface area contributed by atoms with Crippen LogP contribution in [-0.2, 0) is 24.4 Å². The van der Waals surface area contributed by atoms with Gasteiger partial charge in [-0.2, -0.15) is 0 Å².